The lowest BCUT2D eigenvalue weighted by atomic mass is 10.2. The molecule has 0 aromatic heterocycles. The van der Waals surface area contributed by atoms with Crippen LogP contribution in [-0.2, 0) is 9.59 Å². The molecule has 2 N–H and O–H groups in total. The predicted octanol–water partition coefficient (Wildman–Crippen LogP) is 2.90. The summed E-state index contributed by atoms with van der Waals surface area (Å²) in [7, 11) is 1.57. The fourth-order valence-corrected chi connectivity index (χ4v) is 2.27. The Labute approximate surface area is 156 Å². The number of methoxy groups -OCH3 is 1. The molecule has 0 saturated carbocycles. The molecule has 0 fully saturated rings. The third-order valence-corrected chi connectivity index (χ3v) is 3.58. The minimum atomic E-state index is -0.484. The highest BCUT2D eigenvalue weighted by molar-refractivity contribution is 6.30. The number of carbonyl (C=O) groups is 2. The maximum absolute atomic E-state index is 11.7. The van der Waals surface area contributed by atoms with Crippen LogP contribution in [0.1, 0.15) is 11.1 Å². The van der Waals surface area contributed by atoms with Crippen molar-refractivity contribution < 1.29 is 19.1 Å². The summed E-state index contributed by atoms with van der Waals surface area (Å²) < 4.78 is 10.5. The zero-order valence-electron chi connectivity index (χ0n) is 14.4. The number of rotatable bonds is 6. The summed E-state index contributed by atoms with van der Waals surface area (Å²) in [5, 5.41) is 0.592. The molecule has 0 spiro atoms. The number of carbonyl (C=O) groups excluding carboxylic acids is 2. The molecule has 2 aromatic rings. The van der Waals surface area contributed by atoms with Crippen LogP contribution in [0.2, 0.25) is 5.02 Å². The second kappa shape index (κ2) is 9.48. The van der Waals surface area contributed by atoms with Gasteiger partial charge in [-0.3, -0.25) is 20.4 Å². The Morgan fingerprint density at radius 1 is 1.15 bits per heavy atom. The molecule has 0 atom stereocenters. The van der Waals surface area contributed by atoms with Crippen LogP contribution in [0.3, 0.4) is 0 Å². The topological polar surface area (TPSA) is 76.7 Å². The molecule has 0 radical (unpaired) electrons. The summed E-state index contributed by atoms with van der Waals surface area (Å²) in [6.45, 7) is 1.59. The summed E-state index contributed by atoms with van der Waals surface area (Å²) in [6.07, 6.45) is 2.91. The van der Waals surface area contributed by atoms with Crippen LogP contribution in [0.4, 0.5) is 0 Å². The van der Waals surface area contributed by atoms with Crippen molar-refractivity contribution in [2.24, 2.45) is 0 Å². The molecule has 0 bridgehead atoms. The molecule has 6 nitrogen and oxygen atoms in total. The largest absolute Gasteiger partial charge is 0.497 e. The molecule has 2 aromatic carbocycles. The number of hydrogen-bond acceptors (Lipinski definition) is 4. The molecule has 0 unspecified atom stereocenters. The molecular weight excluding hydrogens is 356 g/mol. The molecule has 0 aliphatic carbocycles. The Kier molecular flexibility index (Phi) is 7.05. The summed E-state index contributed by atoms with van der Waals surface area (Å²) in [6, 6.07) is 12.3. The Morgan fingerprint density at radius 2 is 1.96 bits per heavy atom. The van der Waals surface area contributed by atoms with Crippen LogP contribution in [-0.4, -0.2) is 25.5 Å². The zero-order valence-corrected chi connectivity index (χ0v) is 15.2. The van der Waals surface area contributed by atoms with Gasteiger partial charge in [0.1, 0.15) is 11.5 Å². The van der Waals surface area contributed by atoms with E-state index in [-0.39, 0.29) is 6.61 Å². The van der Waals surface area contributed by atoms with Gasteiger partial charge >= 0.3 is 0 Å². The lowest BCUT2D eigenvalue weighted by molar-refractivity contribution is -0.128. The van der Waals surface area contributed by atoms with Gasteiger partial charge in [-0.15, -0.1) is 0 Å². The molecule has 0 aliphatic rings. The molecule has 0 saturated heterocycles. The predicted molar refractivity (Wildman–Crippen MR) is 100.0 cm³/mol. The molecule has 136 valence electrons. The number of nitrogens with one attached hydrogen (secondary N) is 2. The van der Waals surface area contributed by atoms with Gasteiger partial charge in [-0.1, -0.05) is 23.7 Å². The van der Waals surface area contributed by atoms with Crippen molar-refractivity contribution in [3.05, 3.63) is 64.7 Å². The van der Waals surface area contributed by atoms with Crippen LogP contribution in [0.25, 0.3) is 6.08 Å². The van der Waals surface area contributed by atoms with Crippen molar-refractivity contribution in [3.8, 4) is 11.5 Å². The highest BCUT2D eigenvalue weighted by atomic mass is 35.5. The molecule has 0 aliphatic heterocycles. The van der Waals surface area contributed by atoms with E-state index in [9.17, 15) is 9.59 Å². The third kappa shape index (κ3) is 6.14. The van der Waals surface area contributed by atoms with Gasteiger partial charge in [-0.2, -0.15) is 0 Å². The van der Waals surface area contributed by atoms with Gasteiger partial charge in [0.2, 0.25) is 0 Å². The maximum atomic E-state index is 11.7. The van der Waals surface area contributed by atoms with Gasteiger partial charge in [0.15, 0.2) is 6.61 Å². The average Bonchev–Trinajstić information content (AvgIpc) is 2.64. The standard InChI is InChI=1S/C19H19ClN2O4/c1-13-10-15(20)7-8-17(13)26-12-19(24)22-21-18(23)9-6-14-4-3-5-16(11-14)25-2/h3-11H,12H2,1-2H3,(H,21,23)(H,22,24)/b9-6+. The average molecular weight is 375 g/mol. The smallest absolute Gasteiger partial charge is 0.276 e. The van der Waals surface area contributed by atoms with E-state index in [2.05, 4.69) is 10.9 Å². The second-order valence-corrected chi connectivity index (χ2v) is 5.78. The molecule has 26 heavy (non-hydrogen) atoms. The fraction of sp³-hybridized carbons (Fsp3) is 0.158. The van der Waals surface area contributed by atoms with Crippen molar-refractivity contribution in [1.82, 2.24) is 10.9 Å². The Hall–Kier alpha value is -2.99. The van der Waals surface area contributed by atoms with E-state index in [1.807, 2.05) is 19.1 Å². The highest BCUT2D eigenvalue weighted by Crippen LogP contribution is 2.21. The van der Waals surface area contributed by atoms with Gasteiger partial charge in [-0.05, 0) is 54.5 Å². The van der Waals surface area contributed by atoms with E-state index in [0.29, 0.717) is 16.5 Å². The molecule has 0 heterocycles. The highest BCUT2D eigenvalue weighted by Gasteiger charge is 2.06. The van der Waals surface area contributed by atoms with Crippen molar-refractivity contribution in [3.63, 3.8) is 0 Å². The van der Waals surface area contributed by atoms with Crippen LogP contribution in [0, 0.1) is 6.92 Å². The number of aryl methyl sites for hydroxylation is 1. The van der Waals surface area contributed by atoms with Crippen molar-refractivity contribution in [2.45, 2.75) is 6.92 Å². The van der Waals surface area contributed by atoms with Crippen molar-refractivity contribution in [2.75, 3.05) is 13.7 Å². The summed E-state index contributed by atoms with van der Waals surface area (Å²) in [4.78, 5) is 23.5. The monoisotopic (exact) mass is 374 g/mol. The number of ether oxygens (including phenoxy) is 2. The van der Waals surface area contributed by atoms with Crippen LogP contribution >= 0.6 is 11.6 Å². The Balaban J connectivity index is 1.77. The Morgan fingerprint density at radius 3 is 2.69 bits per heavy atom. The SMILES string of the molecule is COc1cccc(/C=C/C(=O)NNC(=O)COc2ccc(Cl)cc2C)c1. The second-order valence-electron chi connectivity index (χ2n) is 5.35. The fourth-order valence-electron chi connectivity index (χ4n) is 2.04. The zero-order chi connectivity index (χ0) is 18.9. The van der Waals surface area contributed by atoms with Gasteiger partial charge in [-0.25, -0.2) is 0 Å². The lowest BCUT2D eigenvalue weighted by Gasteiger charge is -2.09. The molecular formula is C19H19ClN2O4. The van der Waals surface area contributed by atoms with Gasteiger partial charge < -0.3 is 9.47 Å². The molecule has 2 rings (SSSR count). The van der Waals surface area contributed by atoms with E-state index in [1.165, 1.54) is 6.08 Å². The normalized spacial score (nSPS) is 10.4. The lowest BCUT2D eigenvalue weighted by Crippen LogP contribution is -2.43. The molecule has 2 amide bonds. The first-order valence-corrected chi connectivity index (χ1v) is 8.15. The van der Waals surface area contributed by atoms with Crippen LogP contribution in [0.5, 0.6) is 11.5 Å². The third-order valence-electron chi connectivity index (χ3n) is 3.34. The minimum absolute atomic E-state index is 0.234. The van der Waals surface area contributed by atoms with E-state index in [1.54, 1.807) is 43.5 Å². The number of amides is 2. The van der Waals surface area contributed by atoms with Crippen LogP contribution < -0.4 is 20.3 Å². The van der Waals surface area contributed by atoms with Crippen molar-refractivity contribution >= 4 is 29.5 Å². The molecule has 7 heteroatoms. The first kappa shape index (κ1) is 19.3. The van der Waals surface area contributed by atoms with E-state index in [0.717, 1.165) is 11.1 Å². The number of hydrazine groups is 1. The summed E-state index contributed by atoms with van der Waals surface area (Å²) >= 11 is 5.86. The van der Waals surface area contributed by atoms with E-state index in [4.69, 9.17) is 21.1 Å². The quantitative estimate of drug-likeness (QED) is 0.602. The van der Waals surface area contributed by atoms with Gasteiger partial charge in [0, 0.05) is 11.1 Å². The summed E-state index contributed by atoms with van der Waals surface area (Å²) in [5.41, 5.74) is 6.17. The first-order valence-electron chi connectivity index (χ1n) is 7.78. The van der Waals surface area contributed by atoms with Crippen molar-refractivity contribution in [1.29, 1.82) is 0 Å². The number of halogens is 1. The minimum Gasteiger partial charge on any atom is -0.497 e. The number of hydrogen-bond donors (Lipinski definition) is 2. The van der Waals surface area contributed by atoms with Crippen LogP contribution in [0.15, 0.2) is 48.5 Å². The summed E-state index contributed by atoms with van der Waals surface area (Å²) in [5.74, 6) is 0.288. The van der Waals surface area contributed by atoms with Gasteiger partial charge in [0.05, 0.1) is 7.11 Å². The Bertz CT molecular complexity index is 821. The van der Waals surface area contributed by atoms with Gasteiger partial charge in [0.25, 0.3) is 11.8 Å². The van der Waals surface area contributed by atoms with E-state index < -0.39 is 11.8 Å². The first-order chi connectivity index (χ1) is 12.5. The number of benzene rings is 2. The van der Waals surface area contributed by atoms with E-state index >= 15 is 0 Å². The maximum Gasteiger partial charge on any atom is 0.276 e.